The van der Waals surface area contributed by atoms with Gasteiger partial charge in [-0.15, -0.1) is 0 Å². The van der Waals surface area contributed by atoms with E-state index < -0.39 is 30.0 Å². The number of carbonyl (C=O) groups excluding carboxylic acids is 3. The van der Waals surface area contributed by atoms with Crippen molar-refractivity contribution in [1.29, 1.82) is 0 Å². The monoisotopic (exact) mass is 532 g/mol. The van der Waals surface area contributed by atoms with Gasteiger partial charge in [-0.05, 0) is 36.6 Å². The number of amides is 3. The van der Waals surface area contributed by atoms with Gasteiger partial charge in [0.25, 0.3) is 0 Å². The molecule has 2 N–H and O–H groups in total. The van der Waals surface area contributed by atoms with Crippen LogP contribution >= 0.6 is 0 Å². The summed E-state index contributed by atoms with van der Waals surface area (Å²) in [5.41, 5.74) is 5.86. The molecule has 2 aromatic carbocycles. The normalized spacial score (nSPS) is 19.9. The minimum Gasteiger partial charge on any atom is -0.449 e. The van der Waals surface area contributed by atoms with Crippen LogP contribution in [0.3, 0.4) is 0 Å². The van der Waals surface area contributed by atoms with Crippen molar-refractivity contribution in [2.45, 2.75) is 50.6 Å². The molecule has 11 heteroatoms. The Hall–Kier alpha value is -3.60. The van der Waals surface area contributed by atoms with Crippen LogP contribution in [0.4, 0.5) is 18.0 Å². The van der Waals surface area contributed by atoms with Gasteiger partial charge in [-0.3, -0.25) is 14.5 Å². The third kappa shape index (κ3) is 6.09. The van der Waals surface area contributed by atoms with E-state index in [9.17, 15) is 27.6 Å². The lowest BCUT2D eigenvalue weighted by molar-refractivity contribution is -0.169. The molecule has 0 saturated carbocycles. The number of ether oxygens (including phenoxy) is 1. The van der Waals surface area contributed by atoms with Crippen LogP contribution in [0.15, 0.2) is 54.6 Å². The summed E-state index contributed by atoms with van der Waals surface area (Å²) in [4.78, 5) is 44.0. The Kier molecular flexibility index (Phi) is 8.55. The molecule has 3 amide bonds. The van der Waals surface area contributed by atoms with Gasteiger partial charge in [0.1, 0.15) is 12.2 Å². The van der Waals surface area contributed by atoms with E-state index in [4.69, 9.17) is 10.5 Å². The molecule has 2 atom stereocenters. The number of hydrogen-bond acceptors (Lipinski definition) is 5. The molecule has 0 spiro atoms. The molecule has 8 nitrogen and oxygen atoms in total. The second-order valence-electron chi connectivity index (χ2n) is 9.40. The van der Waals surface area contributed by atoms with Crippen LogP contribution in [0.5, 0.6) is 0 Å². The number of halogens is 3. The van der Waals surface area contributed by atoms with Crippen molar-refractivity contribution in [2.75, 3.05) is 26.2 Å². The molecule has 2 aliphatic rings. The third-order valence-electron chi connectivity index (χ3n) is 6.90. The first-order chi connectivity index (χ1) is 18.2. The van der Waals surface area contributed by atoms with Crippen molar-refractivity contribution in [3.8, 4) is 0 Å². The Morgan fingerprint density at radius 1 is 1.05 bits per heavy atom. The van der Waals surface area contributed by atoms with Crippen molar-refractivity contribution in [3.05, 3.63) is 71.3 Å². The second kappa shape index (κ2) is 11.8. The standard InChI is InChI=1S/C27H31F3N4O4/c28-27(29,30)21-10-5-4-9-20(21)13-16-38-26(37)33-15-12-24(35)34-22(11-6-14-31)25(36)32(18-23(33)34)17-19-7-2-1-3-8-19/h1-5,7-10,22-23H,6,11-18,31H2/t22-,23+/m0/s1. The molecule has 0 aliphatic carbocycles. The molecule has 38 heavy (non-hydrogen) atoms. The smallest absolute Gasteiger partial charge is 0.416 e. The van der Waals surface area contributed by atoms with E-state index in [1.807, 2.05) is 30.3 Å². The van der Waals surface area contributed by atoms with E-state index in [0.29, 0.717) is 25.9 Å². The van der Waals surface area contributed by atoms with Crippen molar-refractivity contribution < 1.29 is 32.3 Å². The van der Waals surface area contributed by atoms with Crippen LogP contribution in [-0.4, -0.2) is 71.1 Å². The number of fused-ring (bicyclic) bond motifs is 1. The van der Waals surface area contributed by atoms with Gasteiger partial charge in [-0.25, -0.2) is 4.79 Å². The van der Waals surface area contributed by atoms with Crippen molar-refractivity contribution in [3.63, 3.8) is 0 Å². The Balaban J connectivity index is 1.50. The summed E-state index contributed by atoms with van der Waals surface area (Å²) in [5.74, 6) is -0.432. The van der Waals surface area contributed by atoms with Gasteiger partial charge in [0.05, 0.1) is 18.7 Å². The van der Waals surface area contributed by atoms with E-state index in [1.54, 1.807) is 4.90 Å². The van der Waals surface area contributed by atoms with Crippen LogP contribution in [-0.2, 0) is 33.5 Å². The highest BCUT2D eigenvalue weighted by Crippen LogP contribution is 2.32. The van der Waals surface area contributed by atoms with Gasteiger partial charge in [0.2, 0.25) is 11.8 Å². The Labute approximate surface area is 219 Å². The summed E-state index contributed by atoms with van der Waals surface area (Å²) in [6.45, 7) is 0.598. The largest absolute Gasteiger partial charge is 0.449 e. The van der Waals surface area contributed by atoms with Gasteiger partial charge in [-0.1, -0.05) is 48.5 Å². The SMILES string of the molecule is NCCC[C@H]1C(=O)N(Cc2ccccc2)C[C@@H]2N(C(=O)OCCc3ccccc3C(F)(F)F)CCC(=O)N21. The first kappa shape index (κ1) is 27.4. The molecule has 2 aromatic rings. The maximum absolute atomic E-state index is 13.4. The maximum atomic E-state index is 13.4. The predicted molar refractivity (Wildman–Crippen MR) is 132 cm³/mol. The number of alkyl halides is 3. The first-order valence-electron chi connectivity index (χ1n) is 12.6. The highest BCUT2D eigenvalue weighted by Gasteiger charge is 2.48. The zero-order chi connectivity index (χ0) is 27.3. The number of nitrogens with two attached hydrogens (primary N) is 1. The van der Waals surface area contributed by atoms with E-state index in [0.717, 1.165) is 11.6 Å². The number of nitrogens with zero attached hydrogens (tertiary/aromatic N) is 3. The van der Waals surface area contributed by atoms with Crippen LogP contribution in [0.2, 0.25) is 0 Å². The van der Waals surface area contributed by atoms with Crippen molar-refractivity contribution in [1.82, 2.24) is 14.7 Å². The summed E-state index contributed by atoms with van der Waals surface area (Å²) in [6.07, 6.45) is -5.19. The quantitative estimate of drug-likeness (QED) is 0.562. The summed E-state index contributed by atoms with van der Waals surface area (Å²) in [6, 6.07) is 13.8. The molecule has 204 valence electrons. The topological polar surface area (TPSA) is 96.2 Å². The molecule has 2 saturated heterocycles. The molecular formula is C27H31F3N4O4. The summed E-state index contributed by atoms with van der Waals surface area (Å²) < 4.78 is 45.3. The van der Waals surface area contributed by atoms with Gasteiger partial charge >= 0.3 is 12.3 Å². The molecule has 2 aliphatic heterocycles. The van der Waals surface area contributed by atoms with E-state index >= 15 is 0 Å². The molecule has 0 radical (unpaired) electrons. The number of carbonyl (C=O) groups is 3. The third-order valence-corrected chi connectivity index (χ3v) is 6.90. The van der Waals surface area contributed by atoms with E-state index in [-0.39, 0.29) is 49.9 Å². The lowest BCUT2D eigenvalue weighted by Crippen LogP contribution is -2.71. The zero-order valence-corrected chi connectivity index (χ0v) is 20.9. The van der Waals surface area contributed by atoms with E-state index in [2.05, 4.69) is 0 Å². The molecule has 0 bridgehead atoms. The number of rotatable bonds is 8. The van der Waals surface area contributed by atoms with Gasteiger partial charge in [-0.2, -0.15) is 13.2 Å². The number of piperazine rings is 1. The van der Waals surface area contributed by atoms with Gasteiger partial charge in [0.15, 0.2) is 0 Å². The fourth-order valence-electron chi connectivity index (χ4n) is 5.07. The highest BCUT2D eigenvalue weighted by molar-refractivity contribution is 5.90. The Bertz CT molecular complexity index is 1140. The molecule has 2 fully saturated rings. The van der Waals surface area contributed by atoms with E-state index in [1.165, 1.54) is 28.0 Å². The number of benzene rings is 2. The minimum atomic E-state index is -4.51. The van der Waals surface area contributed by atoms with Crippen LogP contribution in [0.1, 0.15) is 36.0 Å². The Morgan fingerprint density at radius 2 is 1.76 bits per heavy atom. The molecule has 0 unspecified atom stereocenters. The molecule has 0 aromatic heterocycles. The zero-order valence-electron chi connectivity index (χ0n) is 20.9. The molecular weight excluding hydrogens is 501 g/mol. The minimum absolute atomic E-state index is 0.0214. The van der Waals surface area contributed by atoms with Gasteiger partial charge < -0.3 is 20.3 Å². The van der Waals surface area contributed by atoms with Crippen LogP contribution < -0.4 is 5.73 Å². The lowest BCUT2D eigenvalue weighted by Gasteiger charge is -2.51. The first-order valence-corrected chi connectivity index (χ1v) is 12.6. The number of hydrogen-bond donors (Lipinski definition) is 1. The van der Waals surface area contributed by atoms with Crippen molar-refractivity contribution in [2.24, 2.45) is 5.73 Å². The summed E-state index contributed by atoms with van der Waals surface area (Å²) in [7, 11) is 0. The lowest BCUT2D eigenvalue weighted by atomic mass is 9.99. The average molecular weight is 533 g/mol. The maximum Gasteiger partial charge on any atom is 0.416 e. The summed E-state index contributed by atoms with van der Waals surface area (Å²) >= 11 is 0. The fourth-order valence-corrected chi connectivity index (χ4v) is 5.07. The molecule has 4 rings (SSSR count). The average Bonchev–Trinajstić information content (AvgIpc) is 2.89. The van der Waals surface area contributed by atoms with Crippen LogP contribution in [0, 0.1) is 0 Å². The fraction of sp³-hybridized carbons (Fsp3) is 0.444. The second-order valence-corrected chi connectivity index (χ2v) is 9.40. The van der Waals surface area contributed by atoms with Gasteiger partial charge in [0, 0.05) is 25.9 Å². The highest BCUT2D eigenvalue weighted by atomic mass is 19.4. The van der Waals surface area contributed by atoms with Crippen molar-refractivity contribution >= 4 is 17.9 Å². The summed E-state index contributed by atoms with van der Waals surface area (Å²) in [5, 5.41) is 0. The Morgan fingerprint density at radius 3 is 2.47 bits per heavy atom. The molecule has 2 heterocycles. The van der Waals surface area contributed by atoms with Crippen LogP contribution in [0.25, 0.3) is 0 Å². The predicted octanol–water partition coefficient (Wildman–Crippen LogP) is 3.39.